The number of alkyl carbamates (subject to hydrolysis) is 1. The number of rotatable bonds is 5. The number of thiophene rings is 1. The lowest BCUT2D eigenvalue weighted by atomic mass is 10.3. The molecule has 3 aromatic rings. The standard InChI is InChI=1S/C17H14N4O4S2/c1-2-25-17(24)21-13(22)11-5-8-26-16(11)20-14(23)12-9-27-15(19-12)10-3-6-18-7-4-10/h3-9H,2H2,1H3,(H,20,23)(H,21,22,24). The quantitative estimate of drug-likeness (QED) is 0.677. The molecule has 8 nitrogen and oxygen atoms in total. The lowest BCUT2D eigenvalue weighted by Crippen LogP contribution is -2.31. The Labute approximate surface area is 162 Å². The summed E-state index contributed by atoms with van der Waals surface area (Å²) in [4.78, 5) is 44.3. The number of anilines is 1. The number of hydrogen-bond acceptors (Lipinski definition) is 8. The highest BCUT2D eigenvalue weighted by atomic mass is 32.1. The summed E-state index contributed by atoms with van der Waals surface area (Å²) in [5, 5.41) is 9.04. The van der Waals surface area contributed by atoms with Gasteiger partial charge >= 0.3 is 6.09 Å². The Morgan fingerprint density at radius 3 is 2.63 bits per heavy atom. The highest BCUT2D eigenvalue weighted by molar-refractivity contribution is 7.15. The summed E-state index contributed by atoms with van der Waals surface area (Å²) in [7, 11) is 0. The number of hydrogen-bond donors (Lipinski definition) is 2. The van der Waals surface area contributed by atoms with E-state index in [1.165, 1.54) is 28.7 Å². The lowest BCUT2D eigenvalue weighted by molar-refractivity contribution is 0.0926. The molecule has 0 fully saturated rings. The van der Waals surface area contributed by atoms with Crippen LogP contribution in [0, 0.1) is 0 Å². The van der Waals surface area contributed by atoms with Crippen LogP contribution in [-0.4, -0.2) is 34.5 Å². The minimum atomic E-state index is -0.840. The van der Waals surface area contributed by atoms with Crippen molar-refractivity contribution < 1.29 is 19.1 Å². The Balaban J connectivity index is 1.71. The van der Waals surface area contributed by atoms with Crippen molar-refractivity contribution in [3.8, 4) is 10.6 Å². The first kappa shape index (κ1) is 18.7. The van der Waals surface area contributed by atoms with E-state index in [9.17, 15) is 14.4 Å². The number of carbonyl (C=O) groups excluding carboxylic acids is 3. The predicted octanol–water partition coefficient (Wildman–Crippen LogP) is 3.41. The van der Waals surface area contributed by atoms with Gasteiger partial charge in [-0.2, -0.15) is 0 Å². The topological polar surface area (TPSA) is 110 Å². The van der Waals surface area contributed by atoms with Crippen LogP contribution in [0.3, 0.4) is 0 Å². The predicted molar refractivity (Wildman–Crippen MR) is 102 cm³/mol. The molecule has 3 amide bonds. The summed E-state index contributed by atoms with van der Waals surface area (Å²) in [6.45, 7) is 1.78. The Hall–Kier alpha value is -3.11. The second-order valence-corrected chi connectivity index (χ2v) is 6.84. The molecule has 138 valence electrons. The van der Waals surface area contributed by atoms with Gasteiger partial charge < -0.3 is 10.1 Å². The molecule has 0 aromatic carbocycles. The number of amides is 3. The monoisotopic (exact) mass is 402 g/mol. The van der Waals surface area contributed by atoms with Gasteiger partial charge in [-0.05, 0) is 30.5 Å². The van der Waals surface area contributed by atoms with Gasteiger partial charge in [0.15, 0.2) is 0 Å². The van der Waals surface area contributed by atoms with Crippen LogP contribution in [0.2, 0.25) is 0 Å². The Bertz CT molecular complexity index is 968. The third kappa shape index (κ3) is 4.54. The molecule has 0 bridgehead atoms. The van der Waals surface area contributed by atoms with Crippen LogP contribution in [0.25, 0.3) is 10.6 Å². The van der Waals surface area contributed by atoms with Gasteiger partial charge in [-0.1, -0.05) is 0 Å². The van der Waals surface area contributed by atoms with Gasteiger partial charge in [0, 0.05) is 23.3 Å². The molecule has 0 radical (unpaired) electrons. The Morgan fingerprint density at radius 2 is 1.89 bits per heavy atom. The van der Waals surface area contributed by atoms with Gasteiger partial charge in [-0.25, -0.2) is 9.78 Å². The fraction of sp³-hybridized carbons (Fsp3) is 0.118. The Kier molecular flexibility index (Phi) is 5.89. The van der Waals surface area contributed by atoms with E-state index < -0.39 is 17.9 Å². The van der Waals surface area contributed by atoms with Gasteiger partial charge in [0.1, 0.15) is 15.7 Å². The first-order valence-electron chi connectivity index (χ1n) is 7.81. The van der Waals surface area contributed by atoms with Gasteiger partial charge in [-0.15, -0.1) is 22.7 Å². The van der Waals surface area contributed by atoms with Crippen LogP contribution < -0.4 is 10.6 Å². The smallest absolute Gasteiger partial charge is 0.414 e. The van der Waals surface area contributed by atoms with Crippen molar-refractivity contribution in [2.24, 2.45) is 0 Å². The maximum absolute atomic E-state index is 12.5. The molecule has 27 heavy (non-hydrogen) atoms. The fourth-order valence-electron chi connectivity index (χ4n) is 2.08. The Morgan fingerprint density at radius 1 is 1.11 bits per heavy atom. The zero-order chi connectivity index (χ0) is 19.2. The summed E-state index contributed by atoms with van der Waals surface area (Å²) < 4.78 is 4.68. The largest absolute Gasteiger partial charge is 0.450 e. The minimum absolute atomic E-state index is 0.149. The van der Waals surface area contributed by atoms with E-state index >= 15 is 0 Å². The van der Waals surface area contributed by atoms with Crippen molar-refractivity contribution in [2.75, 3.05) is 11.9 Å². The average Bonchev–Trinajstić information content (AvgIpc) is 3.32. The summed E-state index contributed by atoms with van der Waals surface area (Å²) in [5.41, 5.74) is 1.27. The van der Waals surface area contributed by atoms with Crippen LogP contribution in [0.5, 0.6) is 0 Å². The van der Waals surface area contributed by atoms with Gasteiger partial charge in [-0.3, -0.25) is 19.9 Å². The number of aromatic nitrogens is 2. The second kappa shape index (κ2) is 8.52. The molecular weight excluding hydrogens is 388 g/mol. The third-order valence-electron chi connectivity index (χ3n) is 3.29. The molecule has 0 aliphatic heterocycles. The van der Waals surface area contributed by atoms with Crippen LogP contribution >= 0.6 is 22.7 Å². The molecule has 0 spiro atoms. The zero-order valence-electron chi connectivity index (χ0n) is 14.1. The van der Waals surface area contributed by atoms with Crippen molar-refractivity contribution >= 4 is 45.6 Å². The number of nitrogens with one attached hydrogen (secondary N) is 2. The van der Waals surface area contributed by atoms with Crippen LogP contribution in [0.4, 0.5) is 9.80 Å². The molecule has 0 atom stereocenters. The SMILES string of the molecule is CCOC(=O)NC(=O)c1ccsc1NC(=O)c1csc(-c2ccncc2)n1. The van der Waals surface area contributed by atoms with E-state index in [0.29, 0.717) is 10.0 Å². The highest BCUT2D eigenvalue weighted by Gasteiger charge is 2.19. The molecule has 0 aliphatic rings. The number of imide groups is 1. The minimum Gasteiger partial charge on any atom is -0.450 e. The maximum atomic E-state index is 12.5. The van der Waals surface area contributed by atoms with E-state index in [0.717, 1.165) is 5.56 Å². The van der Waals surface area contributed by atoms with E-state index in [1.807, 2.05) is 0 Å². The highest BCUT2D eigenvalue weighted by Crippen LogP contribution is 2.26. The molecule has 0 aliphatic carbocycles. The number of pyridine rings is 1. The lowest BCUT2D eigenvalue weighted by Gasteiger charge is -2.06. The third-order valence-corrected chi connectivity index (χ3v) is 5.01. The summed E-state index contributed by atoms with van der Waals surface area (Å²) in [6.07, 6.45) is 2.46. The normalized spacial score (nSPS) is 10.3. The van der Waals surface area contributed by atoms with Gasteiger partial charge in [0.25, 0.3) is 11.8 Å². The zero-order valence-corrected chi connectivity index (χ0v) is 15.7. The molecule has 0 saturated carbocycles. The first-order valence-corrected chi connectivity index (χ1v) is 9.57. The van der Waals surface area contributed by atoms with Crippen molar-refractivity contribution in [3.63, 3.8) is 0 Å². The van der Waals surface area contributed by atoms with Gasteiger partial charge in [0.05, 0.1) is 12.2 Å². The van der Waals surface area contributed by atoms with Crippen LogP contribution in [0.15, 0.2) is 41.4 Å². The van der Waals surface area contributed by atoms with E-state index in [-0.39, 0.29) is 17.9 Å². The molecule has 3 aromatic heterocycles. The average molecular weight is 402 g/mol. The number of carbonyl (C=O) groups is 3. The molecule has 0 saturated heterocycles. The fourth-order valence-corrected chi connectivity index (χ4v) is 3.67. The van der Waals surface area contributed by atoms with Crippen LogP contribution in [-0.2, 0) is 4.74 Å². The van der Waals surface area contributed by atoms with Crippen molar-refractivity contribution in [1.82, 2.24) is 15.3 Å². The molecule has 0 unspecified atom stereocenters. The molecule has 2 N–H and O–H groups in total. The number of nitrogens with zero attached hydrogens (tertiary/aromatic N) is 2. The van der Waals surface area contributed by atoms with E-state index in [1.54, 1.807) is 42.2 Å². The second-order valence-electron chi connectivity index (χ2n) is 5.07. The van der Waals surface area contributed by atoms with Crippen molar-refractivity contribution in [3.05, 3.63) is 52.6 Å². The first-order chi connectivity index (χ1) is 13.1. The van der Waals surface area contributed by atoms with E-state index in [4.69, 9.17) is 0 Å². The van der Waals surface area contributed by atoms with Crippen LogP contribution in [0.1, 0.15) is 27.8 Å². The van der Waals surface area contributed by atoms with Crippen molar-refractivity contribution in [1.29, 1.82) is 0 Å². The summed E-state index contributed by atoms with van der Waals surface area (Å²) in [6, 6.07) is 5.12. The van der Waals surface area contributed by atoms with Crippen molar-refractivity contribution in [2.45, 2.75) is 6.92 Å². The van der Waals surface area contributed by atoms with E-state index in [2.05, 4.69) is 25.3 Å². The number of ether oxygens (including phenoxy) is 1. The molecule has 3 heterocycles. The van der Waals surface area contributed by atoms with Gasteiger partial charge in [0.2, 0.25) is 0 Å². The molecular formula is C17H14N4O4S2. The maximum Gasteiger partial charge on any atom is 0.414 e. The molecule has 10 heteroatoms. The summed E-state index contributed by atoms with van der Waals surface area (Å²) in [5.74, 6) is -1.10. The molecule has 3 rings (SSSR count). The summed E-state index contributed by atoms with van der Waals surface area (Å²) >= 11 is 2.50. The number of thiazole rings is 1.